The van der Waals surface area contributed by atoms with Gasteiger partial charge in [0.25, 0.3) is 0 Å². The maximum Gasteiger partial charge on any atom is 0.0780 e. The van der Waals surface area contributed by atoms with Gasteiger partial charge in [0.15, 0.2) is 0 Å². The van der Waals surface area contributed by atoms with Crippen LogP contribution in [0.4, 0.5) is 0 Å². The van der Waals surface area contributed by atoms with Crippen molar-refractivity contribution in [3.8, 4) is 11.3 Å². The van der Waals surface area contributed by atoms with E-state index < -0.39 is 0 Å². The average Bonchev–Trinajstić information content (AvgIpc) is 2.72. The Morgan fingerprint density at radius 2 is 1.38 bits per heavy atom. The van der Waals surface area contributed by atoms with Crippen molar-refractivity contribution in [2.24, 2.45) is 0 Å². The summed E-state index contributed by atoms with van der Waals surface area (Å²) in [5.41, 5.74) is 4.97. The molecule has 0 aliphatic rings. The molecule has 0 N–H and O–H groups in total. The summed E-state index contributed by atoms with van der Waals surface area (Å²) >= 11 is 0. The molecule has 1 aromatic heterocycles. The van der Waals surface area contributed by atoms with Gasteiger partial charge in [0.2, 0.25) is 0 Å². The predicted octanol–water partition coefficient (Wildman–Crippen LogP) is 7.81. The molecule has 0 atom stereocenters. The van der Waals surface area contributed by atoms with Crippen LogP contribution in [0.15, 0.2) is 79.0 Å². The standard InChI is InChI=1S/C28H25N/c1-18-8-7-11-23-21(18)12-13-25-24(23)14-15-29-27(25)20-16-19-9-5-6-10-22(19)26(17-20)28(2,3)4/h5-17H,1-4H3. The molecule has 0 saturated carbocycles. The number of aryl methyl sites for hydroxylation is 1. The molecule has 29 heavy (non-hydrogen) atoms. The van der Waals surface area contributed by atoms with Crippen LogP contribution >= 0.6 is 0 Å². The van der Waals surface area contributed by atoms with Crippen molar-refractivity contribution >= 4 is 32.3 Å². The second kappa shape index (κ2) is 6.42. The zero-order valence-electron chi connectivity index (χ0n) is 17.5. The minimum Gasteiger partial charge on any atom is -0.256 e. The van der Waals surface area contributed by atoms with Crippen molar-refractivity contribution in [3.63, 3.8) is 0 Å². The molecule has 0 fully saturated rings. The largest absolute Gasteiger partial charge is 0.256 e. The lowest BCUT2D eigenvalue weighted by atomic mass is 9.82. The molecule has 0 radical (unpaired) electrons. The van der Waals surface area contributed by atoms with E-state index in [1.165, 1.54) is 49.0 Å². The van der Waals surface area contributed by atoms with Gasteiger partial charge in [0.1, 0.15) is 0 Å². The van der Waals surface area contributed by atoms with Crippen LogP contribution in [0.5, 0.6) is 0 Å². The maximum absolute atomic E-state index is 4.84. The van der Waals surface area contributed by atoms with Crippen LogP contribution in [0, 0.1) is 6.92 Å². The Morgan fingerprint density at radius 1 is 0.655 bits per heavy atom. The van der Waals surface area contributed by atoms with E-state index in [0.29, 0.717) is 0 Å². The van der Waals surface area contributed by atoms with Crippen molar-refractivity contribution in [2.45, 2.75) is 33.1 Å². The first kappa shape index (κ1) is 17.9. The highest BCUT2D eigenvalue weighted by Crippen LogP contribution is 2.37. The number of hydrogen-bond acceptors (Lipinski definition) is 1. The van der Waals surface area contributed by atoms with Gasteiger partial charge in [-0.3, -0.25) is 4.98 Å². The predicted molar refractivity (Wildman–Crippen MR) is 126 cm³/mol. The molecule has 1 heteroatoms. The van der Waals surface area contributed by atoms with Crippen LogP contribution in [0.2, 0.25) is 0 Å². The molecule has 0 aliphatic carbocycles. The monoisotopic (exact) mass is 375 g/mol. The van der Waals surface area contributed by atoms with Gasteiger partial charge in [-0.15, -0.1) is 0 Å². The Labute approximate surface area is 172 Å². The number of benzene rings is 4. The lowest BCUT2D eigenvalue weighted by Gasteiger charge is -2.23. The van der Waals surface area contributed by atoms with Gasteiger partial charge >= 0.3 is 0 Å². The first-order valence-corrected chi connectivity index (χ1v) is 10.2. The van der Waals surface area contributed by atoms with Gasteiger partial charge < -0.3 is 0 Å². The van der Waals surface area contributed by atoms with Gasteiger partial charge in [-0.1, -0.05) is 75.4 Å². The average molecular weight is 376 g/mol. The molecule has 4 aromatic carbocycles. The number of rotatable bonds is 1. The molecule has 0 aliphatic heterocycles. The SMILES string of the molecule is Cc1cccc2c1ccc1c(-c3cc(C(C)(C)C)c4ccccc4c3)nccc12. The van der Waals surface area contributed by atoms with Gasteiger partial charge in [0, 0.05) is 17.1 Å². The second-order valence-electron chi connectivity index (χ2n) is 8.99. The van der Waals surface area contributed by atoms with E-state index in [1.54, 1.807) is 0 Å². The first-order chi connectivity index (χ1) is 13.9. The van der Waals surface area contributed by atoms with E-state index in [-0.39, 0.29) is 5.41 Å². The molecule has 0 spiro atoms. The fourth-order valence-electron chi connectivity index (χ4n) is 4.48. The Hall–Kier alpha value is -3.19. The molecule has 1 nitrogen and oxygen atoms in total. The number of hydrogen-bond donors (Lipinski definition) is 0. The second-order valence-corrected chi connectivity index (χ2v) is 8.99. The molecule has 0 unspecified atom stereocenters. The minimum absolute atomic E-state index is 0.0595. The third kappa shape index (κ3) is 2.89. The summed E-state index contributed by atoms with van der Waals surface area (Å²) in [6.07, 6.45) is 1.95. The molecule has 5 aromatic rings. The normalized spacial score (nSPS) is 12.1. The first-order valence-electron chi connectivity index (χ1n) is 10.2. The van der Waals surface area contributed by atoms with E-state index in [0.717, 1.165) is 5.69 Å². The zero-order valence-corrected chi connectivity index (χ0v) is 17.5. The Morgan fingerprint density at radius 3 is 2.21 bits per heavy atom. The minimum atomic E-state index is 0.0595. The van der Waals surface area contributed by atoms with Gasteiger partial charge in [-0.25, -0.2) is 0 Å². The number of pyridine rings is 1. The van der Waals surface area contributed by atoms with Gasteiger partial charge in [0.05, 0.1) is 5.69 Å². The zero-order chi connectivity index (χ0) is 20.2. The van der Waals surface area contributed by atoms with Crippen molar-refractivity contribution in [3.05, 3.63) is 90.1 Å². The molecule has 5 rings (SSSR count). The molecular weight excluding hydrogens is 350 g/mol. The Kier molecular flexibility index (Phi) is 3.96. The molecule has 142 valence electrons. The summed E-state index contributed by atoms with van der Waals surface area (Å²) < 4.78 is 0. The van der Waals surface area contributed by atoms with Crippen molar-refractivity contribution < 1.29 is 0 Å². The van der Waals surface area contributed by atoms with E-state index in [2.05, 4.69) is 100 Å². The summed E-state index contributed by atoms with van der Waals surface area (Å²) in [7, 11) is 0. The fourth-order valence-corrected chi connectivity index (χ4v) is 4.48. The van der Waals surface area contributed by atoms with Crippen LogP contribution in [-0.2, 0) is 5.41 Å². The third-order valence-electron chi connectivity index (χ3n) is 5.96. The third-order valence-corrected chi connectivity index (χ3v) is 5.96. The summed E-state index contributed by atoms with van der Waals surface area (Å²) in [5.74, 6) is 0. The highest BCUT2D eigenvalue weighted by atomic mass is 14.7. The molecule has 0 bridgehead atoms. The highest BCUT2D eigenvalue weighted by molar-refractivity contribution is 6.12. The number of aromatic nitrogens is 1. The van der Waals surface area contributed by atoms with Crippen LogP contribution in [0.25, 0.3) is 43.6 Å². The number of fused-ring (bicyclic) bond motifs is 4. The van der Waals surface area contributed by atoms with Crippen molar-refractivity contribution in [1.82, 2.24) is 4.98 Å². The Bertz CT molecular complexity index is 1390. The van der Waals surface area contributed by atoms with Crippen LogP contribution in [0.1, 0.15) is 31.9 Å². The van der Waals surface area contributed by atoms with Crippen molar-refractivity contribution in [2.75, 3.05) is 0 Å². The van der Waals surface area contributed by atoms with E-state index in [4.69, 9.17) is 4.98 Å². The van der Waals surface area contributed by atoms with Crippen molar-refractivity contribution in [1.29, 1.82) is 0 Å². The van der Waals surface area contributed by atoms with Crippen LogP contribution in [0.3, 0.4) is 0 Å². The highest BCUT2D eigenvalue weighted by Gasteiger charge is 2.19. The lowest BCUT2D eigenvalue weighted by molar-refractivity contribution is 0.596. The van der Waals surface area contributed by atoms with E-state index >= 15 is 0 Å². The lowest BCUT2D eigenvalue weighted by Crippen LogP contribution is -2.12. The van der Waals surface area contributed by atoms with Crippen LogP contribution < -0.4 is 0 Å². The quantitative estimate of drug-likeness (QED) is 0.272. The smallest absolute Gasteiger partial charge is 0.0780 e. The Balaban J connectivity index is 1.86. The fraction of sp³-hybridized carbons (Fsp3) is 0.179. The van der Waals surface area contributed by atoms with E-state index in [9.17, 15) is 0 Å². The molecular formula is C28H25N. The van der Waals surface area contributed by atoms with Crippen LogP contribution in [-0.4, -0.2) is 4.98 Å². The van der Waals surface area contributed by atoms with Gasteiger partial charge in [-0.05, 0) is 68.6 Å². The molecule has 0 amide bonds. The van der Waals surface area contributed by atoms with E-state index in [1.807, 2.05) is 6.20 Å². The maximum atomic E-state index is 4.84. The molecule has 1 heterocycles. The summed E-state index contributed by atoms with van der Waals surface area (Å²) in [6.45, 7) is 9.03. The summed E-state index contributed by atoms with van der Waals surface area (Å²) in [5, 5.41) is 7.67. The number of nitrogens with zero attached hydrogens (tertiary/aromatic N) is 1. The topological polar surface area (TPSA) is 12.9 Å². The molecule has 0 saturated heterocycles. The van der Waals surface area contributed by atoms with Gasteiger partial charge in [-0.2, -0.15) is 0 Å². The summed E-state index contributed by atoms with van der Waals surface area (Å²) in [6, 6.07) is 26.5. The summed E-state index contributed by atoms with van der Waals surface area (Å²) in [4.78, 5) is 4.84.